The molecule has 0 amide bonds. The van der Waals surface area contributed by atoms with E-state index in [1.165, 1.54) is 0 Å². The highest BCUT2D eigenvalue weighted by atomic mass is 16.5. The van der Waals surface area contributed by atoms with Crippen LogP contribution in [0.25, 0.3) is 0 Å². The molecular formula is C13H25N3O2. The molecule has 0 saturated heterocycles. The van der Waals surface area contributed by atoms with E-state index in [2.05, 4.69) is 21.8 Å². The summed E-state index contributed by atoms with van der Waals surface area (Å²) in [7, 11) is 3.64. The van der Waals surface area contributed by atoms with Gasteiger partial charge >= 0.3 is 0 Å². The van der Waals surface area contributed by atoms with E-state index in [1.54, 1.807) is 7.11 Å². The molecule has 0 aliphatic rings. The predicted molar refractivity (Wildman–Crippen MR) is 71.6 cm³/mol. The summed E-state index contributed by atoms with van der Waals surface area (Å²) in [6.07, 6.45) is 5.93. The SMILES string of the molecule is CCCn1ccnc1C(CCOCCOC)NC. The van der Waals surface area contributed by atoms with Gasteiger partial charge in [0, 0.05) is 32.7 Å². The maximum Gasteiger partial charge on any atom is 0.125 e. The molecule has 1 N–H and O–H groups in total. The number of hydrogen-bond donors (Lipinski definition) is 1. The van der Waals surface area contributed by atoms with Gasteiger partial charge in [-0.05, 0) is 19.9 Å². The summed E-state index contributed by atoms with van der Waals surface area (Å²) in [5, 5.41) is 3.30. The Morgan fingerprint density at radius 1 is 1.39 bits per heavy atom. The predicted octanol–water partition coefficient (Wildman–Crippen LogP) is 1.61. The highest BCUT2D eigenvalue weighted by Crippen LogP contribution is 2.15. The maximum absolute atomic E-state index is 5.50. The van der Waals surface area contributed by atoms with Crippen molar-refractivity contribution < 1.29 is 9.47 Å². The molecule has 0 bridgehead atoms. The molecule has 5 nitrogen and oxygen atoms in total. The van der Waals surface area contributed by atoms with E-state index in [0.717, 1.165) is 25.2 Å². The van der Waals surface area contributed by atoms with Crippen LogP contribution >= 0.6 is 0 Å². The lowest BCUT2D eigenvalue weighted by Crippen LogP contribution is -2.22. The molecule has 1 rings (SSSR count). The van der Waals surface area contributed by atoms with Crippen molar-refractivity contribution in [1.29, 1.82) is 0 Å². The smallest absolute Gasteiger partial charge is 0.125 e. The second kappa shape index (κ2) is 9.08. The molecule has 1 atom stereocenters. The Morgan fingerprint density at radius 2 is 2.22 bits per heavy atom. The topological polar surface area (TPSA) is 48.3 Å². The van der Waals surface area contributed by atoms with Crippen LogP contribution in [0.3, 0.4) is 0 Å². The van der Waals surface area contributed by atoms with Crippen molar-refractivity contribution in [3.05, 3.63) is 18.2 Å². The second-order valence-electron chi connectivity index (χ2n) is 4.21. The van der Waals surface area contributed by atoms with Crippen LogP contribution in [-0.4, -0.2) is 43.5 Å². The Kier molecular flexibility index (Phi) is 7.64. The van der Waals surface area contributed by atoms with Crippen LogP contribution < -0.4 is 5.32 Å². The van der Waals surface area contributed by atoms with Crippen molar-refractivity contribution in [1.82, 2.24) is 14.9 Å². The zero-order valence-corrected chi connectivity index (χ0v) is 11.7. The summed E-state index contributed by atoms with van der Waals surface area (Å²) in [6.45, 7) is 5.20. The molecule has 1 heterocycles. The van der Waals surface area contributed by atoms with Gasteiger partial charge in [-0.15, -0.1) is 0 Å². The Hall–Kier alpha value is -0.910. The highest BCUT2D eigenvalue weighted by molar-refractivity contribution is 4.99. The lowest BCUT2D eigenvalue weighted by atomic mass is 10.2. The fraction of sp³-hybridized carbons (Fsp3) is 0.769. The Labute approximate surface area is 109 Å². The number of ether oxygens (including phenoxy) is 2. The third kappa shape index (κ3) is 4.76. The van der Waals surface area contributed by atoms with Gasteiger partial charge in [0.15, 0.2) is 0 Å². The van der Waals surface area contributed by atoms with Gasteiger partial charge in [0.05, 0.1) is 19.3 Å². The van der Waals surface area contributed by atoms with Crippen LogP contribution in [0.2, 0.25) is 0 Å². The molecule has 0 aliphatic heterocycles. The van der Waals surface area contributed by atoms with Crippen LogP contribution in [0, 0.1) is 0 Å². The van der Waals surface area contributed by atoms with Gasteiger partial charge in [-0.3, -0.25) is 0 Å². The van der Waals surface area contributed by atoms with E-state index in [0.29, 0.717) is 19.8 Å². The van der Waals surface area contributed by atoms with Gasteiger partial charge in [-0.1, -0.05) is 6.92 Å². The monoisotopic (exact) mass is 255 g/mol. The van der Waals surface area contributed by atoms with Crippen molar-refractivity contribution in [3.63, 3.8) is 0 Å². The van der Waals surface area contributed by atoms with Crippen LogP contribution in [0.1, 0.15) is 31.6 Å². The van der Waals surface area contributed by atoms with Crippen LogP contribution in [0.15, 0.2) is 12.4 Å². The molecule has 104 valence electrons. The first-order valence-electron chi connectivity index (χ1n) is 6.58. The number of aryl methyl sites for hydroxylation is 1. The number of rotatable bonds is 10. The van der Waals surface area contributed by atoms with E-state index >= 15 is 0 Å². The largest absolute Gasteiger partial charge is 0.382 e. The fourth-order valence-electron chi connectivity index (χ4n) is 1.91. The molecular weight excluding hydrogens is 230 g/mol. The van der Waals surface area contributed by atoms with Crippen LogP contribution in [-0.2, 0) is 16.0 Å². The molecule has 0 saturated carbocycles. The van der Waals surface area contributed by atoms with Crippen molar-refractivity contribution >= 4 is 0 Å². The molecule has 1 aromatic heterocycles. The molecule has 1 aromatic rings. The minimum absolute atomic E-state index is 0.245. The number of nitrogens with zero attached hydrogens (tertiary/aromatic N) is 2. The average molecular weight is 255 g/mol. The van der Waals surface area contributed by atoms with Gasteiger partial charge in [0.25, 0.3) is 0 Å². The van der Waals surface area contributed by atoms with Crippen molar-refractivity contribution in [3.8, 4) is 0 Å². The first kappa shape index (κ1) is 15.1. The van der Waals surface area contributed by atoms with Gasteiger partial charge in [-0.2, -0.15) is 0 Å². The van der Waals surface area contributed by atoms with E-state index in [9.17, 15) is 0 Å². The summed E-state index contributed by atoms with van der Waals surface area (Å²) in [5.74, 6) is 1.09. The zero-order chi connectivity index (χ0) is 13.2. The maximum atomic E-state index is 5.50. The first-order chi connectivity index (χ1) is 8.83. The third-order valence-corrected chi connectivity index (χ3v) is 2.85. The molecule has 0 aromatic carbocycles. The summed E-state index contributed by atoms with van der Waals surface area (Å²) in [5.41, 5.74) is 0. The number of aromatic nitrogens is 2. The van der Waals surface area contributed by atoms with E-state index in [-0.39, 0.29) is 6.04 Å². The number of hydrogen-bond acceptors (Lipinski definition) is 4. The summed E-state index contributed by atoms with van der Waals surface area (Å²) < 4.78 is 12.6. The van der Waals surface area contributed by atoms with Crippen LogP contribution in [0.4, 0.5) is 0 Å². The summed E-state index contributed by atoms with van der Waals surface area (Å²) in [4.78, 5) is 4.44. The van der Waals surface area contributed by atoms with Gasteiger partial charge < -0.3 is 19.4 Å². The lowest BCUT2D eigenvalue weighted by Gasteiger charge is -2.17. The molecule has 0 aliphatic carbocycles. The fourth-order valence-corrected chi connectivity index (χ4v) is 1.91. The molecule has 5 heteroatoms. The Morgan fingerprint density at radius 3 is 2.89 bits per heavy atom. The number of imidazole rings is 1. The average Bonchev–Trinajstić information content (AvgIpc) is 2.83. The van der Waals surface area contributed by atoms with Gasteiger partial charge in [0.1, 0.15) is 5.82 Å². The zero-order valence-electron chi connectivity index (χ0n) is 11.7. The molecule has 18 heavy (non-hydrogen) atoms. The lowest BCUT2D eigenvalue weighted by molar-refractivity contribution is 0.0656. The highest BCUT2D eigenvalue weighted by Gasteiger charge is 2.14. The minimum Gasteiger partial charge on any atom is -0.382 e. The van der Waals surface area contributed by atoms with E-state index < -0.39 is 0 Å². The standard InChI is InChI=1S/C13H25N3O2/c1-4-7-16-8-6-15-13(16)12(14-2)5-9-18-11-10-17-3/h6,8,12,14H,4-5,7,9-11H2,1-3H3. The Bertz CT molecular complexity index is 315. The number of methoxy groups -OCH3 is 1. The third-order valence-electron chi connectivity index (χ3n) is 2.85. The summed E-state index contributed by atoms with van der Waals surface area (Å²) in [6, 6.07) is 0.245. The van der Waals surface area contributed by atoms with E-state index in [1.807, 2.05) is 19.4 Å². The van der Waals surface area contributed by atoms with Crippen molar-refractivity contribution in [2.24, 2.45) is 0 Å². The van der Waals surface area contributed by atoms with Crippen molar-refractivity contribution in [2.45, 2.75) is 32.4 Å². The van der Waals surface area contributed by atoms with Crippen LogP contribution in [0.5, 0.6) is 0 Å². The quantitative estimate of drug-likeness (QED) is 0.645. The van der Waals surface area contributed by atoms with E-state index in [4.69, 9.17) is 9.47 Å². The summed E-state index contributed by atoms with van der Waals surface area (Å²) >= 11 is 0. The van der Waals surface area contributed by atoms with Gasteiger partial charge in [0.2, 0.25) is 0 Å². The second-order valence-corrected chi connectivity index (χ2v) is 4.21. The molecule has 0 spiro atoms. The number of nitrogens with one attached hydrogen (secondary N) is 1. The normalized spacial score (nSPS) is 12.8. The molecule has 0 radical (unpaired) electrons. The molecule has 1 unspecified atom stereocenters. The first-order valence-corrected chi connectivity index (χ1v) is 6.58. The Balaban J connectivity index is 2.41. The van der Waals surface area contributed by atoms with Crippen molar-refractivity contribution in [2.75, 3.05) is 34.0 Å². The minimum atomic E-state index is 0.245. The molecule has 0 fully saturated rings. The van der Waals surface area contributed by atoms with Gasteiger partial charge in [-0.25, -0.2) is 4.98 Å².